The summed E-state index contributed by atoms with van der Waals surface area (Å²) in [4.78, 5) is 17.3. The molecule has 1 N–H and O–H groups in total. The number of aromatic amines is 1. The number of para-hydroxylation sites is 1. The predicted octanol–water partition coefficient (Wildman–Crippen LogP) is 4.68. The molecule has 0 radical (unpaired) electrons. The van der Waals surface area contributed by atoms with Crippen molar-refractivity contribution < 1.29 is 9.53 Å². The number of aryl methyl sites for hydroxylation is 1. The summed E-state index contributed by atoms with van der Waals surface area (Å²) in [5.74, 6) is 0.902. The summed E-state index contributed by atoms with van der Waals surface area (Å²) in [5.41, 5.74) is 2.41. The molecule has 0 spiro atoms. The molecule has 4 nitrogen and oxygen atoms in total. The van der Waals surface area contributed by atoms with Gasteiger partial charge in [-0.2, -0.15) is 0 Å². The van der Waals surface area contributed by atoms with Gasteiger partial charge in [0, 0.05) is 35.6 Å². The van der Waals surface area contributed by atoms with Crippen molar-refractivity contribution in [1.29, 1.82) is 0 Å². The molecule has 26 heavy (non-hydrogen) atoms. The molecule has 0 saturated heterocycles. The number of ether oxygens (including phenoxy) is 1. The summed E-state index contributed by atoms with van der Waals surface area (Å²) in [5, 5.41) is 1.92. The molecule has 1 amide bonds. The quantitative estimate of drug-likeness (QED) is 0.625. The zero-order valence-corrected chi connectivity index (χ0v) is 15.6. The van der Waals surface area contributed by atoms with Crippen LogP contribution in [0.3, 0.4) is 0 Å². The zero-order chi connectivity index (χ0) is 18.4. The Morgan fingerprint density at radius 2 is 1.92 bits per heavy atom. The molecule has 3 aromatic rings. The van der Waals surface area contributed by atoms with E-state index in [0.29, 0.717) is 24.6 Å². The average molecular weight is 371 g/mol. The van der Waals surface area contributed by atoms with Gasteiger partial charge in [-0.1, -0.05) is 29.8 Å². The van der Waals surface area contributed by atoms with E-state index >= 15 is 0 Å². The Balaban J connectivity index is 1.39. The second-order valence-electron chi connectivity index (χ2n) is 6.33. The smallest absolute Gasteiger partial charge is 0.222 e. The van der Waals surface area contributed by atoms with Gasteiger partial charge in [0.1, 0.15) is 12.4 Å². The largest absolute Gasteiger partial charge is 0.492 e. The van der Waals surface area contributed by atoms with Crippen LogP contribution in [0.4, 0.5) is 0 Å². The second-order valence-corrected chi connectivity index (χ2v) is 6.77. The number of carbonyl (C=O) groups is 1. The first-order valence-corrected chi connectivity index (χ1v) is 9.18. The fraction of sp³-hybridized carbons (Fsp3) is 0.286. The van der Waals surface area contributed by atoms with E-state index in [1.165, 1.54) is 10.9 Å². The summed E-state index contributed by atoms with van der Waals surface area (Å²) in [6, 6.07) is 15.5. The molecule has 2 aromatic carbocycles. The molecule has 0 aliphatic rings. The molecule has 0 aliphatic heterocycles. The Labute approximate surface area is 158 Å². The summed E-state index contributed by atoms with van der Waals surface area (Å²) >= 11 is 5.84. The maximum absolute atomic E-state index is 12.3. The molecule has 136 valence electrons. The number of benzene rings is 2. The van der Waals surface area contributed by atoms with Crippen LogP contribution in [0.2, 0.25) is 5.02 Å². The number of amides is 1. The van der Waals surface area contributed by atoms with Gasteiger partial charge in [-0.25, -0.2) is 0 Å². The Morgan fingerprint density at radius 3 is 2.73 bits per heavy atom. The van der Waals surface area contributed by atoms with Gasteiger partial charge in [0.05, 0.1) is 6.54 Å². The van der Waals surface area contributed by atoms with Crippen LogP contribution in [0, 0.1) is 0 Å². The van der Waals surface area contributed by atoms with Gasteiger partial charge in [0.15, 0.2) is 0 Å². The van der Waals surface area contributed by atoms with Crippen molar-refractivity contribution in [2.24, 2.45) is 0 Å². The number of nitrogens with zero attached hydrogens (tertiary/aromatic N) is 1. The molecule has 0 fully saturated rings. The second kappa shape index (κ2) is 8.77. The SMILES string of the molecule is CN(CCOc1ccc(Cl)cc1)C(=O)CCCc1c[nH]c2ccccc12. The number of hydrogen-bond donors (Lipinski definition) is 1. The van der Waals surface area contributed by atoms with Gasteiger partial charge in [-0.05, 0) is 48.7 Å². The van der Waals surface area contributed by atoms with E-state index in [-0.39, 0.29) is 5.91 Å². The number of halogens is 1. The summed E-state index contributed by atoms with van der Waals surface area (Å²) in [7, 11) is 1.82. The fourth-order valence-corrected chi connectivity index (χ4v) is 3.04. The number of fused-ring (bicyclic) bond motifs is 1. The first-order chi connectivity index (χ1) is 12.6. The minimum absolute atomic E-state index is 0.143. The van der Waals surface area contributed by atoms with Crippen molar-refractivity contribution in [2.75, 3.05) is 20.2 Å². The molecule has 3 rings (SSSR count). The topological polar surface area (TPSA) is 45.3 Å². The molecule has 0 saturated carbocycles. The van der Waals surface area contributed by atoms with Crippen molar-refractivity contribution in [3.63, 3.8) is 0 Å². The number of nitrogens with one attached hydrogen (secondary N) is 1. The van der Waals surface area contributed by atoms with Crippen LogP contribution in [-0.4, -0.2) is 36.0 Å². The first-order valence-electron chi connectivity index (χ1n) is 8.81. The standard InChI is InChI=1S/C21H23ClN2O2/c1-24(13-14-26-18-11-9-17(22)10-12-18)21(25)8-4-5-16-15-23-20-7-3-2-6-19(16)20/h2-3,6-7,9-12,15,23H,4-5,8,13-14H2,1H3. The third-order valence-electron chi connectivity index (χ3n) is 4.45. The lowest BCUT2D eigenvalue weighted by Gasteiger charge is -2.17. The van der Waals surface area contributed by atoms with Crippen LogP contribution in [-0.2, 0) is 11.2 Å². The highest BCUT2D eigenvalue weighted by molar-refractivity contribution is 6.30. The number of carbonyl (C=O) groups excluding carboxylic acids is 1. The molecule has 0 aliphatic carbocycles. The highest BCUT2D eigenvalue weighted by Gasteiger charge is 2.10. The Morgan fingerprint density at radius 1 is 1.15 bits per heavy atom. The lowest BCUT2D eigenvalue weighted by Crippen LogP contribution is -2.30. The third-order valence-corrected chi connectivity index (χ3v) is 4.70. The van der Waals surface area contributed by atoms with E-state index in [0.717, 1.165) is 24.1 Å². The predicted molar refractivity (Wildman–Crippen MR) is 106 cm³/mol. The van der Waals surface area contributed by atoms with Crippen molar-refractivity contribution in [1.82, 2.24) is 9.88 Å². The normalized spacial score (nSPS) is 10.8. The van der Waals surface area contributed by atoms with Gasteiger partial charge >= 0.3 is 0 Å². The molecule has 0 unspecified atom stereocenters. The molecular weight excluding hydrogens is 348 g/mol. The Kier molecular flexibility index (Phi) is 6.18. The van der Waals surface area contributed by atoms with Gasteiger partial charge in [-0.3, -0.25) is 4.79 Å². The highest BCUT2D eigenvalue weighted by atomic mass is 35.5. The number of aromatic nitrogens is 1. The maximum atomic E-state index is 12.3. The van der Waals surface area contributed by atoms with Crippen molar-refractivity contribution in [3.05, 3.63) is 65.3 Å². The number of rotatable bonds is 8. The third kappa shape index (κ3) is 4.79. The maximum Gasteiger partial charge on any atom is 0.222 e. The van der Waals surface area contributed by atoms with Gasteiger partial charge in [0.25, 0.3) is 0 Å². The van der Waals surface area contributed by atoms with E-state index in [2.05, 4.69) is 17.1 Å². The minimum atomic E-state index is 0.143. The van der Waals surface area contributed by atoms with Gasteiger partial charge < -0.3 is 14.6 Å². The molecule has 5 heteroatoms. The van der Waals surface area contributed by atoms with Crippen LogP contribution < -0.4 is 4.74 Å². The minimum Gasteiger partial charge on any atom is -0.492 e. The lowest BCUT2D eigenvalue weighted by atomic mass is 10.1. The molecule has 0 bridgehead atoms. The number of hydrogen-bond acceptors (Lipinski definition) is 2. The van der Waals surface area contributed by atoms with Crippen molar-refractivity contribution in [3.8, 4) is 5.75 Å². The number of H-pyrrole nitrogens is 1. The van der Waals surface area contributed by atoms with Crippen molar-refractivity contribution >= 4 is 28.4 Å². The number of likely N-dealkylation sites (N-methyl/N-ethyl adjacent to an activating group) is 1. The first kappa shape index (κ1) is 18.3. The van der Waals surface area contributed by atoms with E-state index < -0.39 is 0 Å². The molecule has 1 aromatic heterocycles. The van der Waals surface area contributed by atoms with Crippen LogP contribution >= 0.6 is 11.6 Å². The van der Waals surface area contributed by atoms with Crippen LogP contribution in [0.5, 0.6) is 5.75 Å². The summed E-state index contributed by atoms with van der Waals surface area (Å²) < 4.78 is 5.64. The van der Waals surface area contributed by atoms with Crippen LogP contribution in [0.25, 0.3) is 10.9 Å². The zero-order valence-electron chi connectivity index (χ0n) is 14.9. The molecule has 1 heterocycles. The van der Waals surface area contributed by atoms with E-state index in [9.17, 15) is 4.79 Å². The van der Waals surface area contributed by atoms with E-state index in [1.807, 2.05) is 37.5 Å². The highest BCUT2D eigenvalue weighted by Crippen LogP contribution is 2.19. The monoisotopic (exact) mass is 370 g/mol. The van der Waals surface area contributed by atoms with E-state index in [4.69, 9.17) is 16.3 Å². The lowest BCUT2D eigenvalue weighted by molar-refractivity contribution is -0.130. The summed E-state index contributed by atoms with van der Waals surface area (Å²) in [6.07, 6.45) is 4.31. The Hall–Kier alpha value is -2.46. The Bertz CT molecular complexity index is 858. The van der Waals surface area contributed by atoms with Gasteiger partial charge in [0.2, 0.25) is 5.91 Å². The van der Waals surface area contributed by atoms with Crippen LogP contribution in [0.1, 0.15) is 18.4 Å². The molecule has 0 atom stereocenters. The molecular formula is C21H23ClN2O2. The van der Waals surface area contributed by atoms with Crippen molar-refractivity contribution in [2.45, 2.75) is 19.3 Å². The summed E-state index contributed by atoms with van der Waals surface area (Å²) in [6.45, 7) is 1.03. The fourth-order valence-electron chi connectivity index (χ4n) is 2.92. The average Bonchev–Trinajstić information content (AvgIpc) is 3.06. The van der Waals surface area contributed by atoms with Gasteiger partial charge in [-0.15, -0.1) is 0 Å². The van der Waals surface area contributed by atoms with E-state index in [1.54, 1.807) is 17.0 Å². The van der Waals surface area contributed by atoms with Crippen LogP contribution in [0.15, 0.2) is 54.7 Å².